The number of benzene rings is 1. The highest BCUT2D eigenvalue weighted by atomic mass is 16.6. The van der Waals surface area contributed by atoms with Crippen molar-refractivity contribution in [3.05, 3.63) is 29.3 Å². The van der Waals surface area contributed by atoms with E-state index in [2.05, 4.69) is 17.6 Å². The summed E-state index contributed by atoms with van der Waals surface area (Å²) < 4.78 is 10.3. The highest BCUT2D eigenvalue weighted by molar-refractivity contribution is 5.67. The van der Waals surface area contributed by atoms with E-state index in [4.69, 9.17) is 9.47 Å². The summed E-state index contributed by atoms with van der Waals surface area (Å²) in [7, 11) is 1.66. The molecule has 0 radical (unpaired) electrons. The second kappa shape index (κ2) is 7.88. The number of ether oxygens (including phenoxy) is 2. The molecule has 1 aromatic rings. The van der Waals surface area contributed by atoms with Crippen molar-refractivity contribution in [2.75, 3.05) is 20.2 Å². The van der Waals surface area contributed by atoms with Crippen LogP contribution < -0.4 is 15.4 Å². The topological polar surface area (TPSA) is 59.6 Å². The molecule has 1 rings (SSSR count). The van der Waals surface area contributed by atoms with Gasteiger partial charge in [-0.05, 0) is 51.0 Å². The molecule has 1 amide bonds. The first kappa shape index (κ1) is 17.3. The summed E-state index contributed by atoms with van der Waals surface area (Å²) in [5.74, 6) is 0.864. The number of hydrogen-bond donors (Lipinski definition) is 2. The van der Waals surface area contributed by atoms with Crippen molar-refractivity contribution in [1.29, 1.82) is 0 Å². The van der Waals surface area contributed by atoms with Crippen LogP contribution in [0.15, 0.2) is 18.2 Å². The third kappa shape index (κ3) is 6.99. The van der Waals surface area contributed by atoms with Gasteiger partial charge in [-0.15, -0.1) is 0 Å². The van der Waals surface area contributed by atoms with E-state index in [1.54, 1.807) is 7.11 Å². The number of carbonyl (C=O) groups excluding carboxylic acids is 1. The molecule has 2 N–H and O–H groups in total. The van der Waals surface area contributed by atoms with Crippen LogP contribution in [0.1, 0.15) is 31.9 Å². The van der Waals surface area contributed by atoms with Gasteiger partial charge in [-0.3, -0.25) is 0 Å². The molecule has 0 aromatic heterocycles. The van der Waals surface area contributed by atoms with Crippen molar-refractivity contribution in [3.8, 4) is 5.75 Å². The van der Waals surface area contributed by atoms with Gasteiger partial charge in [0.05, 0.1) is 7.11 Å². The van der Waals surface area contributed by atoms with Crippen LogP contribution in [0.3, 0.4) is 0 Å². The van der Waals surface area contributed by atoms with Gasteiger partial charge in [0.1, 0.15) is 11.4 Å². The van der Waals surface area contributed by atoms with E-state index in [1.807, 2.05) is 39.0 Å². The first-order chi connectivity index (χ1) is 9.81. The molecule has 0 aliphatic carbocycles. The molecule has 5 nitrogen and oxygen atoms in total. The number of aryl methyl sites for hydroxylation is 1. The maximum absolute atomic E-state index is 11.4. The molecule has 0 aliphatic rings. The third-order valence-electron chi connectivity index (χ3n) is 2.84. The van der Waals surface area contributed by atoms with Crippen LogP contribution in [0, 0.1) is 6.92 Å². The predicted octanol–water partition coefficient (Wildman–Crippen LogP) is 2.62. The third-order valence-corrected chi connectivity index (χ3v) is 2.84. The molecule has 0 aliphatic heterocycles. The fourth-order valence-electron chi connectivity index (χ4n) is 1.78. The second-order valence-electron chi connectivity index (χ2n) is 5.90. The Morgan fingerprint density at radius 3 is 2.52 bits per heavy atom. The largest absolute Gasteiger partial charge is 0.497 e. The van der Waals surface area contributed by atoms with Gasteiger partial charge in [0.15, 0.2) is 0 Å². The van der Waals surface area contributed by atoms with Crippen LogP contribution >= 0.6 is 0 Å². The van der Waals surface area contributed by atoms with Crippen molar-refractivity contribution >= 4 is 6.09 Å². The van der Waals surface area contributed by atoms with E-state index in [0.29, 0.717) is 13.1 Å². The summed E-state index contributed by atoms with van der Waals surface area (Å²) >= 11 is 0. The molecule has 0 fully saturated rings. The maximum Gasteiger partial charge on any atom is 0.407 e. The Labute approximate surface area is 127 Å². The summed E-state index contributed by atoms with van der Waals surface area (Å²) in [5, 5.41) is 6.00. The number of alkyl carbamates (subject to hydrolysis) is 1. The Kier molecular flexibility index (Phi) is 6.49. The minimum Gasteiger partial charge on any atom is -0.497 e. The number of hydrogen-bond acceptors (Lipinski definition) is 4. The molecular formula is C16H26N2O3. The lowest BCUT2D eigenvalue weighted by Gasteiger charge is -2.19. The molecule has 21 heavy (non-hydrogen) atoms. The van der Waals surface area contributed by atoms with Gasteiger partial charge in [-0.1, -0.05) is 6.07 Å². The van der Waals surface area contributed by atoms with Crippen LogP contribution in [-0.4, -0.2) is 31.9 Å². The van der Waals surface area contributed by atoms with Crippen molar-refractivity contribution in [2.24, 2.45) is 0 Å². The zero-order chi connectivity index (χ0) is 15.9. The van der Waals surface area contributed by atoms with Crippen molar-refractivity contribution < 1.29 is 14.3 Å². The zero-order valence-corrected chi connectivity index (χ0v) is 13.6. The van der Waals surface area contributed by atoms with E-state index < -0.39 is 5.60 Å². The molecule has 0 unspecified atom stereocenters. The maximum atomic E-state index is 11.4. The monoisotopic (exact) mass is 294 g/mol. The van der Waals surface area contributed by atoms with Crippen molar-refractivity contribution in [3.63, 3.8) is 0 Å². The predicted molar refractivity (Wildman–Crippen MR) is 83.7 cm³/mol. The smallest absolute Gasteiger partial charge is 0.407 e. The number of carbonyl (C=O) groups is 1. The summed E-state index contributed by atoms with van der Waals surface area (Å²) in [6.07, 6.45) is -0.384. The van der Waals surface area contributed by atoms with Gasteiger partial charge >= 0.3 is 6.09 Å². The SMILES string of the molecule is COc1ccc(CNCCNC(=O)OC(C)(C)C)c(C)c1. The number of rotatable bonds is 6. The van der Waals surface area contributed by atoms with Gasteiger partial charge in [0, 0.05) is 19.6 Å². The first-order valence-corrected chi connectivity index (χ1v) is 7.13. The summed E-state index contributed by atoms with van der Waals surface area (Å²) in [5.41, 5.74) is 1.94. The van der Waals surface area contributed by atoms with Gasteiger partial charge in [-0.25, -0.2) is 4.79 Å². The molecule has 0 saturated heterocycles. The van der Waals surface area contributed by atoms with Crippen LogP contribution in [0.25, 0.3) is 0 Å². The highest BCUT2D eigenvalue weighted by Crippen LogP contribution is 2.16. The van der Waals surface area contributed by atoms with Gasteiger partial charge < -0.3 is 20.1 Å². The Hall–Kier alpha value is -1.75. The number of nitrogens with one attached hydrogen (secondary N) is 2. The van der Waals surface area contributed by atoms with E-state index in [-0.39, 0.29) is 6.09 Å². The molecule has 0 spiro atoms. The highest BCUT2D eigenvalue weighted by Gasteiger charge is 2.15. The van der Waals surface area contributed by atoms with Crippen molar-refractivity contribution in [1.82, 2.24) is 10.6 Å². The number of amides is 1. The normalized spacial score (nSPS) is 11.1. The molecule has 118 valence electrons. The Bertz CT molecular complexity index is 467. The fraction of sp³-hybridized carbons (Fsp3) is 0.562. The Morgan fingerprint density at radius 2 is 1.95 bits per heavy atom. The minimum absolute atomic E-state index is 0.384. The number of methoxy groups -OCH3 is 1. The van der Waals surface area contributed by atoms with Gasteiger partial charge in [0.2, 0.25) is 0 Å². The summed E-state index contributed by atoms with van der Waals surface area (Å²) in [6, 6.07) is 6.00. The summed E-state index contributed by atoms with van der Waals surface area (Å²) in [6.45, 7) is 9.56. The van der Waals surface area contributed by atoms with E-state index in [0.717, 1.165) is 12.3 Å². The van der Waals surface area contributed by atoms with Crippen molar-refractivity contribution in [2.45, 2.75) is 39.8 Å². The molecule has 0 saturated carbocycles. The molecule has 0 bridgehead atoms. The quantitative estimate of drug-likeness (QED) is 0.792. The lowest BCUT2D eigenvalue weighted by molar-refractivity contribution is 0.0528. The lowest BCUT2D eigenvalue weighted by atomic mass is 10.1. The molecular weight excluding hydrogens is 268 g/mol. The second-order valence-corrected chi connectivity index (χ2v) is 5.90. The van der Waals surface area contributed by atoms with E-state index in [1.165, 1.54) is 11.1 Å². The molecule has 0 heterocycles. The van der Waals surface area contributed by atoms with E-state index in [9.17, 15) is 4.79 Å². The minimum atomic E-state index is -0.461. The molecule has 1 aromatic carbocycles. The first-order valence-electron chi connectivity index (χ1n) is 7.13. The Morgan fingerprint density at radius 1 is 1.24 bits per heavy atom. The van der Waals surface area contributed by atoms with Gasteiger partial charge in [-0.2, -0.15) is 0 Å². The van der Waals surface area contributed by atoms with Crippen LogP contribution in [0.4, 0.5) is 4.79 Å². The zero-order valence-electron chi connectivity index (χ0n) is 13.6. The Balaban J connectivity index is 2.24. The van der Waals surface area contributed by atoms with Crippen LogP contribution in [0.5, 0.6) is 5.75 Å². The fourth-order valence-corrected chi connectivity index (χ4v) is 1.78. The standard InChI is InChI=1S/C16H26N2O3/c1-12-10-14(20-5)7-6-13(12)11-17-8-9-18-15(19)21-16(2,3)4/h6-7,10,17H,8-9,11H2,1-5H3,(H,18,19). The van der Waals surface area contributed by atoms with Crippen LogP contribution in [-0.2, 0) is 11.3 Å². The summed E-state index contributed by atoms with van der Waals surface area (Å²) in [4.78, 5) is 11.4. The lowest BCUT2D eigenvalue weighted by Crippen LogP contribution is -2.36. The average Bonchev–Trinajstić information content (AvgIpc) is 2.37. The van der Waals surface area contributed by atoms with Crippen LogP contribution in [0.2, 0.25) is 0 Å². The van der Waals surface area contributed by atoms with E-state index >= 15 is 0 Å². The van der Waals surface area contributed by atoms with Gasteiger partial charge in [0.25, 0.3) is 0 Å². The average molecular weight is 294 g/mol. The molecule has 0 atom stereocenters. The molecule has 5 heteroatoms.